The van der Waals surface area contributed by atoms with Crippen LogP contribution in [-0.4, -0.2) is 17.9 Å². The number of rotatable bonds is 3. The third-order valence-corrected chi connectivity index (χ3v) is 4.16. The van der Waals surface area contributed by atoms with Gasteiger partial charge in [0, 0.05) is 15.2 Å². The van der Waals surface area contributed by atoms with Gasteiger partial charge in [-0.15, -0.1) is 0 Å². The second kappa shape index (κ2) is 6.10. The maximum atomic E-state index is 12.5. The molecule has 2 aromatic rings. The van der Waals surface area contributed by atoms with Crippen LogP contribution in [-0.2, 0) is 9.59 Å². The predicted molar refractivity (Wildman–Crippen MR) is 90.1 cm³/mol. The molecule has 0 radical (unpaired) electrons. The highest BCUT2D eigenvalue weighted by molar-refractivity contribution is 9.10. The Hall–Kier alpha value is -1.85. The van der Waals surface area contributed by atoms with Crippen LogP contribution in [0, 0.1) is 0 Å². The Kier molecular flexibility index (Phi) is 4.18. The first-order valence-corrected chi connectivity index (χ1v) is 7.86. The zero-order valence-electron chi connectivity index (χ0n) is 11.4. The average Bonchev–Trinajstić information content (AvgIpc) is 2.76. The Labute approximate surface area is 141 Å². The molecule has 0 aliphatic carbocycles. The lowest BCUT2D eigenvalue weighted by molar-refractivity contribution is -0.121. The van der Waals surface area contributed by atoms with Crippen molar-refractivity contribution < 1.29 is 9.59 Å². The van der Waals surface area contributed by atoms with Crippen molar-refractivity contribution in [3.63, 3.8) is 0 Å². The first-order valence-electron chi connectivity index (χ1n) is 6.69. The lowest BCUT2D eigenvalue weighted by Crippen LogP contribution is -2.34. The molecule has 1 aliphatic heterocycles. The Morgan fingerprint density at radius 1 is 1.14 bits per heavy atom. The molecule has 1 heterocycles. The van der Waals surface area contributed by atoms with E-state index in [1.807, 2.05) is 24.3 Å². The molecule has 1 N–H and O–H groups in total. The third kappa shape index (κ3) is 3.00. The van der Waals surface area contributed by atoms with E-state index >= 15 is 0 Å². The summed E-state index contributed by atoms with van der Waals surface area (Å²) in [5, 5.41) is 3.59. The minimum absolute atomic E-state index is 0.126. The van der Waals surface area contributed by atoms with Crippen molar-refractivity contribution in [3.05, 3.63) is 58.0 Å². The zero-order chi connectivity index (χ0) is 15.7. The van der Waals surface area contributed by atoms with Crippen molar-refractivity contribution in [3.8, 4) is 0 Å². The Bertz CT molecular complexity index is 733. The summed E-state index contributed by atoms with van der Waals surface area (Å²) >= 11 is 9.29. The molecule has 0 aromatic heterocycles. The molecule has 1 atom stereocenters. The van der Waals surface area contributed by atoms with E-state index in [1.54, 1.807) is 24.3 Å². The molecule has 1 saturated heterocycles. The molecule has 0 unspecified atom stereocenters. The average molecular weight is 380 g/mol. The summed E-state index contributed by atoms with van der Waals surface area (Å²) in [5.74, 6) is -0.503. The molecule has 2 amide bonds. The number of anilines is 2. The molecule has 1 fully saturated rings. The molecule has 112 valence electrons. The molecule has 0 bridgehead atoms. The number of nitrogens with zero attached hydrogens (tertiary/aromatic N) is 1. The normalized spacial score (nSPS) is 17.9. The lowest BCUT2D eigenvalue weighted by atomic mass is 10.2. The van der Waals surface area contributed by atoms with E-state index in [1.165, 1.54) is 4.90 Å². The number of carbonyl (C=O) groups excluding carboxylic acids is 2. The topological polar surface area (TPSA) is 49.4 Å². The highest BCUT2D eigenvalue weighted by Gasteiger charge is 2.39. The van der Waals surface area contributed by atoms with Crippen LogP contribution >= 0.6 is 27.5 Å². The van der Waals surface area contributed by atoms with E-state index in [9.17, 15) is 9.59 Å². The van der Waals surface area contributed by atoms with E-state index in [4.69, 9.17) is 11.6 Å². The number of amides is 2. The zero-order valence-corrected chi connectivity index (χ0v) is 13.8. The summed E-state index contributed by atoms with van der Waals surface area (Å²) in [6, 6.07) is 13.6. The van der Waals surface area contributed by atoms with Gasteiger partial charge in [-0.2, -0.15) is 0 Å². The maximum Gasteiger partial charge on any atom is 0.256 e. The van der Waals surface area contributed by atoms with Gasteiger partial charge >= 0.3 is 0 Å². The Balaban J connectivity index is 1.81. The van der Waals surface area contributed by atoms with Gasteiger partial charge in [0.05, 0.1) is 12.1 Å². The van der Waals surface area contributed by atoms with E-state index in [0.717, 1.165) is 10.2 Å². The van der Waals surface area contributed by atoms with Crippen LogP contribution in [0.2, 0.25) is 5.02 Å². The molecule has 1 aliphatic rings. The van der Waals surface area contributed by atoms with Gasteiger partial charge in [-0.3, -0.25) is 9.59 Å². The summed E-state index contributed by atoms with van der Waals surface area (Å²) in [6.45, 7) is 0. The maximum absolute atomic E-state index is 12.5. The van der Waals surface area contributed by atoms with Crippen molar-refractivity contribution in [1.82, 2.24) is 0 Å². The van der Waals surface area contributed by atoms with Gasteiger partial charge in [-0.25, -0.2) is 4.90 Å². The predicted octanol–water partition coefficient (Wildman–Crippen LogP) is 3.85. The van der Waals surface area contributed by atoms with Gasteiger partial charge in [0.1, 0.15) is 6.04 Å². The fraction of sp³-hybridized carbons (Fsp3) is 0.125. The summed E-state index contributed by atoms with van der Waals surface area (Å²) in [6.07, 6.45) is 0.126. The fourth-order valence-corrected chi connectivity index (χ4v) is 2.83. The number of hydrogen-bond donors (Lipinski definition) is 1. The molecule has 0 saturated carbocycles. The van der Waals surface area contributed by atoms with Gasteiger partial charge in [0.2, 0.25) is 5.91 Å². The van der Waals surface area contributed by atoms with E-state index in [2.05, 4.69) is 21.2 Å². The fourth-order valence-electron chi connectivity index (χ4n) is 2.38. The minimum Gasteiger partial charge on any atom is -0.373 e. The molecular weight excluding hydrogens is 368 g/mol. The number of benzene rings is 2. The van der Waals surface area contributed by atoms with Crippen LogP contribution < -0.4 is 10.2 Å². The van der Waals surface area contributed by atoms with Crippen molar-refractivity contribution in [1.29, 1.82) is 0 Å². The van der Waals surface area contributed by atoms with Crippen LogP contribution in [0.3, 0.4) is 0 Å². The number of halogens is 2. The second-order valence-electron chi connectivity index (χ2n) is 4.96. The molecule has 22 heavy (non-hydrogen) atoms. The van der Waals surface area contributed by atoms with Crippen molar-refractivity contribution in [2.24, 2.45) is 0 Å². The molecule has 2 aromatic carbocycles. The van der Waals surface area contributed by atoms with Crippen molar-refractivity contribution >= 4 is 50.7 Å². The summed E-state index contributed by atoms with van der Waals surface area (Å²) in [4.78, 5) is 25.8. The Morgan fingerprint density at radius 3 is 2.55 bits per heavy atom. The quantitative estimate of drug-likeness (QED) is 0.824. The first-order chi connectivity index (χ1) is 10.5. The molecular formula is C16H12BrClN2O2. The standard InChI is InChI=1S/C16H12BrClN2O2/c17-10-4-6-12(7-5-10)19-14-9-15(21)20(16(14)22)13-3-1-2-11(18)8-13/h1-8,14,19H,9H2/t14-/m1/s1. The van der Waals surface area contributed by atoms with Crippen LogP contribution in [0.5, 0.6) is 0 Å². The molecule has 3 rings (SSSR count). The molecule has 0 spiro atoms. The number of carbonyl (C=O) groups is 2. The van der Waals surface area contributed by atoms with Crippen LogP contribution in [0.25, 0.3) is 0 Å². The second-order valence-corrected chi connectivity index (χ2v) is 6.31. The third-order valence-electron chi connectivity index (χ3n) is 3.40. The molecule has 6 heteroatoms. The highest BCUT2D eigenvalue weighted by atomic mass is 79.9. The monoisotopic (exact) mass is 378 g/mol. The highest BCUT2D eigenvalue weighted by Crippen LogP contribution is 2.27. The van der Waals surface area contributed by atoms with Gasteiger partial charge < -0.3 is 5.32 Å². The first kappa shape index (κ1) is 15.1. The van der Waals surface area contributed by atoms with Gasteiger partial charge in [-0.1, -0.05) is 33.6 Å². The van der Waals surface area contributed by atoms with Crippen LogP contribution in [0.1, 0.15) is 6.42 Å². The van der Waals surface area contributed by atoms with Gasteiger partial charge in [0.25, 0.3) is 5.91 Å². The SMILES string of the molecule is O=C1C[C@@H](Nc2ccc(Br)cc2)C(=O)N1c1cccc(Cl)c1. The summed E-state index contributed by atoms with van der Waals surface area (Å²) < 4.78 is 0.951. The minimum atomic E-state index is -0.562. The number of hydrogen-bond acceptors (Lipinski definition) is 3. The number of nitrogens with one attached hydrogen (secondary N) is 1. The van der Waals surface area contributed by atoms with Gasteiger partial charge in [0.15, 0.2) is 0 Å². The summed E-state index contributed by atoms with van der Waals surface area (Å²) in [5.41, 5.74) is 1.30. The largest absolute Gasteiger partial charge is 0.373 e. The van der Waals surface area contributed by atoms with Crippen LogP contribution in [0.15, 0.2) is 53.0 Å². The van der Waals surface area contributed by atoms with Crippen molar-refractivity contribution in [2.45, 2.75) is 12.5 Å². The van der Waals surface area contributed by atoms with Crippen molar-refractivity contribution in [2.75, 3.05) is 10.2 Å². The lowest BCUT2D eigenvalue weighted by Gasteiger charge is -2.16. The smallest absolute Gasteiger partial charge is 0.256 e. The summed E-state index contributed by atoms with van der Waals surface area (Å²) in [7, 11) is 0. The van der Waals surface area contributed by atoms with Gasteiger partial charge in [-0.05, 0) is 42.5 Å². The van der Waals surface area contributed by atoms with E-state index < -0.39 is 6.04 Å². The number of imide groups is 1. The molecule has 4 nitrogen and oxygen atoms in total. The van der Waals surface area contributed by atoms with E-state index in [0.29, 0.717) is 10.7 Å². The van der Waals surface area contributed by atoms with E-state index in [-0.39, 0.29) is 18.2 Å². The Morgan fingerprint density at radius 2 is 1.86 bits per heavy atom. The van der Waals surface area contributed by atoms with Crippen LogP contribution in [0.4, 0.5) is 11.4 Å².